The standard InChI is InChI=1S/C27H24FNO/c1-16-11-22-20-7-5-6-8-24(20)30-26(22)23(12-16)25-21-14-18(28)10-9-17(21)13-19(29-25)15-27(2,3)4/h5-14H,15H2,1-4H3. The molecule has 0 aliphatic rings. The monoisotopic (exact) mass is 397 g/mol. The van der Waals surface area contributed by atoms with Gasteiger partial charge in [0, 0.05) is 27.4 Å². The van der Waals surface area contributed by atoms with E-state index in [1.165, 1.54) is 6.07 Å². The Bertz CT molecular complexity index is 1420. The molecule has 0 aliphatic heterocycles. The summed E-state index contributed by atoms with van der Waals surface area (Å²) in [4.78, 5) is 5.03. The molecule has 2 aromatic heterocycles. The summed E-state index contributed by atoms with van der Waals surface area (Å²) in [7, 11) is 0. The van der Waals surface area contributed by atoms with Crippen LogP contribution in [0.15, 0.2) is 65.1 Å². The largest absolute Gasteiger partial charge is 0.455 e. The first-order valence-electron chi connectivity index (χ1n) is 10.3. The Kier molecular flexibility index (Phi) is 4.18. The maximum Gasteiger partial charge on any atom is 0.144 e. The van der Waals surface area contributed by atoms with E-state index >= 15 is 0 Å². The molecule has 0 saturated carbocycles. The number of halogens is 1. The van der Waals surface area contributed by atoms with Gasteiger partial charge in [-0.05, 0) is 66.1 Å². The third-order valence-electron chi connectivity index (χ3n) is 5.44. The van der Waals surface area contributed by atoms with Crippen molar-refractivity contribution in [3.63, 3.8) is 0 Å². The van der Waals surface area contributed by atoms with Crippen LogP contribution in [0, 0.1) is 18.2 Å². The van der Waals surface area contributed by atoms with Crippen molar-refractivity contribution in [3.05, 3.63) is 77.7 Å². The first kappa shape index (κ1) is 18.8. The molecule has 5 rings (SSSR count). The van der Waals surface area contributed by atoms with E-state index in [2.05, 4.69) is 52.0 Å². The quantitative estimate of drug-likeness (QED) is 0.303. The van der Waals surface area contributed by atoms with E-state index < -0.39 is 0 Å². The van der Waals surface area contributed by atoms with Gasteiger partial charge in [-0.15, -0.1) is 0 Å². The van der Waals surface area contributed by atoms with Crippen molar-refractivity contribution in [2.75, 3.05) is 0 Å². The Labute approximate surface area is 175 Å². The van der Waals surface area contributed by atoms with Gasteiger partial charge in [0.25, 0.3) is 0 Å². The summed E-state index contributed by atoms with van der Waals surface area (Å²) in [5.41, 5.74) is 5.55. The summed E-state index contributed by atoms with van der Waals surface area (Å²) in [5.74, 6) is -0.261. The van der Waals surface area contributed by atoms with Gasteiger partial charge in [0.1, 0.15) is 17.0 Å². The van der Waals surface area contributed by atoms with Crippen molar-refractivity contribution in [1.82, 2.24) is 4.98 Å². The van der Waals surface area contributed by atoms with Crippen LogP contribution in [0.5, 0.6) is 0 Å². The zero-order chi connectivity index (χ0) is 21.0. The van der Waals surface area contributed by atoms with Crippen molar-refractivity contribution in [2.45, 2.75) is 34.1 Å². The Morgan fingerprint density at radius 2 is 1.70 bits per heavy atom. The number of furan rings is 1. The van der Waals surface area contributed by atoms with Crippen molar-refractivity contribution in [2.24, 2.45) is 5.41 Å². The highest BCUT2D eigenvalue weighted by Gasteiger charge is 2.19. The summed E-state index contributed by atoms with van der Waals surface area (Å²) in [6.45, 7) is 8.68. The third kappa shape index (κ3) is 3.24. The molecule has 30 heavy (non-hydrogen) atoms. The van der Waals surface area contributed by atoms with Crippen LogP contribution in [0.25, 0.3) is 44.0 Å². The van der Waals surface area contributed by atoms with Crippen molar-refractivity contribution in [3.8, 4) is 11.3 Å². The number of benzene rings is 3. The van der Waals surface area contributed by atoms with Crippen LogP contribution in [0.1, 0.15) is 32.0 Å². The molecule has 0 amide bonds. The molecule has 5 aromatic rings. The number of rotatable bonds is 2. The highest BCUT2D eigenvalue weighted by atomic mass is 19.1. The summed E-state index contributed by atoms with van der Waals surface area (Å²) >= 11 is 0. The van der Waals surface area contributed by atoms with Gasteiger partial charge in [0.2, 0.25) is 0 Å². The van der Waals surface area contributed by atoms with E-state index in [1.54, 1.807) is 6.07 Å². The van der Waals surface area contributed by atoms with Crippen LogP contribution in [-0.4, -0.2) is 4.98 Å². The lowest BCUT2D eigenvalue weighted by Gasteiger charge is -2.19. The second kappa shape index (κ2) is 6.66. The van der Waals surface area contributed by atoms with E-state index in [9.17, 15) is 4.39 Å². The second-order valence-corrected chi connectivity index (χ2v) is 9.35. The maximum atomic E-state index is 14.2. The fourth-order valence-electron chi connectivity index (χ4n) is 4.26. The van der Waals surface area contributed by atoms with Gasteiger partial charge in [-0.1, -0.05) is 45.0 Å². The summed E-state index contributed by atoms with van der Waals surface area (Å²) in [5, 5.41) is 3.94. The Balaban J connectivity index is 1.88. The third-order valence-corrected chi connectivity index (χ3v) is 5.44. The second-order valence-electron chi connectivity index (χ2n) is 9.35. The van der Waals surface area contributed by atoms with Gasteiger partial charge in [-0.25, -0.2) is 4.39 Å². The SMILES string of the molecule is Cc1cc(-c2nc(CC(C)(C)C)cc3ccc(F)cc23)c2oc3ccccc3c2c1. The van der Waals surface area contributed by atoms with Gasteiger partial charge >= 0.3 is 0 Å². The molecule has 0 saturated heterocycles. The number of aromatic nitrogens is 1. The zero-order valence-corrected chi connectivity index (χ0v) is 17.7. The van der Waals surface area contributed by atoms with E-state index in [-0.39, 0.29) is 11.2 Å². The number of fused-ring (bicyclic) bond motifs is 4. The molecule has 2 heterocycles. The van der Waals surface area contributed by atoms with Crippen molar-refractivity contribution in [1.29, 1.82) is 0 Å². The number of aryl methyl sites for hydroxylation is 1. The summed E-state index contributed by atoms with van der Waals surface area (Å²) < 4.78 is 20.5. The van der Waals surface area contributed by atoms with E-state index in [1.807, 2.05) is 24.3 Å². The predicted octanol–water partition coefficient (Wildman–Crippen LogP) is 7.84. The van der Waals surface area contributed by atoms with Gasteiger partial charge in [0.05, 0.1) is 5.69 Å². The number of hydrogen-bond donors (Lipinski definition) is 0. The van der Waals surface area contributed by atoms with Crippen LogP contribution in [-0.2, 0) is 6.42 Å². The molecule has 0 fully saturated rings. The minimum absolute atomic E-state index is 0.0965. The molecular formula is C27H24FNO. The Morgan fingerprint density at radius 1 is 0.900 bits per heavy atom. The van der Waals surface area contributed by atoms with Crippen LogP contribution in [0.2, 0.25) is 0 Å². The predicted molar refractivity (Wildman–Crippen MR) is 122 cm³/mol. The lowest BCUT2D eigenvalue weighted by molar-refractivity contribution is 0.407. The molecule has 0 bridgehead atoms. The average Bonchev–Trinajstić information content (AvgIpc) is 3.04. The fourth-order valence-corrected chi connectivity index (χ4v) is 4.26. The Morgan fingerprint density at radius 3 is 2.50 bits per heavy atom. The summed E-state index contributed by atoms with van der Waals surface area (Å²) in [6.07, 6.45) is 0.836. The van der Waals surface area contributed by atoms with Gasteiger partial charge in [-0.3, -0.25) is 4.98 Å². The minimum Gasteiger partial charge on any atom is -0.455 e. The fraction of sp³-hybridized carbons (Fsp3) is 0.222. The topological polar surface area (TPSA) is 26.0 Å². The molecule has 0 aliphatic carbocycles. The van der Waals surface area contributed by atoms with E-state index in [4.69, 9.17) is 9.40 Å². The smallest absolute Gasteiger partial charge is 0.144 e. The maximum absolute atomic E-state index is 14.2. The number of pyridine rings is 1. The molecule has 0 radical (unpaired) electrons. The summed E-state index contributed by atoms with van der Waals surface area (Å²) in [6, 6.07) is 19.3. The molecule has 150 valence electrons. The minimum atomic E-state index is -0.261. The van der Waals surface area contributed by atoms with Crippen LogP contribution in [0.3, 0.4) is 0 Å². The van der Waals surface area contributed by atoms with Crippen molar-refractivity contribution < 1.29 is 8.81 Å². The normalized spacial score (nSPS) is 12.3. The zero-order valence-electron chi connectivity index (χ0n) is 17.7. The lowest BCUT2D eigenvalue weighted by atomic mass is 9.89. The molecule has 3 aromatic carbocycles. The lowest BCUT2D eigenvalue weighted by Crippen LogP contribution is -2.11. The van der Waals surface area contributed by atoms with E-state index in [0.29, 0.717) is 0 Å². The van der Waals surface area contributed by atoms with Gasteiger partial charge < -0.3 is 4.42 Å². The average molecular weight is 397 g/mol. The number of para-hydroxylation sites is 1. The van der Waals surface area contributed by atoms with Crippen LogP contribution >= 0.6 is 0 Å². The molecule has 0 unspecified atom stereocenters. The highest BCUT2D eigenvalue weighted by molar-refractivity contribution is 6.11. The van der Waals surface area contributed by atoms with E-state index in [0.717, 1.165) is 61.6 Å². The molecule has 2 nitrogen and oxygen atoms in total. The number of nitrogens with zero attached hydrogens (tertiary/aromatic N) is 1. The molecular weight excluding hydrogens is 373 g/mol. The van der Waals surface area contributed by atoms with Gasteiger partial charge in [0.15, 0.2) is 0 Å². The van der Waals surface area contributed by atoms with Crippen LogP contribution < -0.4 is 0 Å². The molecule has 3 heteroatoms. The van der Waals surface area contributed by atoms with Crippen LogP contribution in [0.4, 0.5) is 4.39 Å². The Hall–Kier alpha value is -3.20. The van der Waals surface area contributed by atoms with Gasteiger partial charge in [-0.2, -0.15) is 0 Å². The highest BCUT2D eigenvalue weighted by Crippen LogP contribution is 2.39. The first-order valence-corrected chi connectivity index (χ1v) is 10.3. The number of hydrogen-bond acceptors (Lipinski definition) is 2. The van der Waals surface area contributed by atoms with Crippen molar-refractivity contribution >= 4 is 32.7 Å². The first-order chi connectivity index (χ1) is 14.3. The molecule has 0 atom stereocenters. The molecule has 0 N–H and O–H groups in total. The molecule has 0 spiro atoms.